The van der Waals surface area contributed by atoms with Crippen LogP contribution in [0.1, 0.15) is 35.4 Å². The molecule has 0 unspecified atom stereocenters. The number of sulfonamides is 1. The lowest BCUT2D eigenvalue weighted by Crippen LogP contribution is -2.35. The first-order valence-electron chi connectivity index (χ1n) is 7.81. The van der Waals surface area contributed by atoms with Crippen LogP contribution < -0.4 is 4.72 Å². The van der Waals surface area contributed by atoms with E-state index >= 15 is 0 Å². The summed E-state index contributed by atoms with van der Waals surface area (Å²) < 4.78 is 32.1. The molecule has 128 valence electrons. The first kappa shape index (κ1) is 16.5. The van der Waals surface area contributed by atoms with E-state index in [2.05, 4.69) is 9.88 Å². The summed E-state index contributed by atoms with van der Waals surface area (Å²) in [6, 6.07) is 7.53. The van der Waals surface area contributed by atoms with E-state index in [-0.39, 0.29) is 16.6 Å². The van der Waals surface area contributed by atoms with Gasteiger partial charge in [0.25, 0.3) is 15.9 Å². The Labute approximate surface area is 140 Å². The van der Waals surface area contributed by atoms with E-state index in [0.717, 1.165) is 19.3 Å². The molecule has 7 nitrogen and oxygen atoms in total. The lowest BCUT2D eigenvalue weighted by atomic mass is 10.1. The van der Waals surface area contributed by atoms with Gasteiger partial charge in [0.1, 0.15) is 5.76 Å². The Balaban J connectivity index is 1.82. The number of nitrogens with zero attached hydrogens (tertiary/aromatic N) is 2. The summed E-state index contributed by atoms with van der Waals surface area (Å²) in [4.78, 5) is 14.3. The molecule has 1 N–H and O–H groups in total. The summed E-state index contributed by atoms with van der Waals surface area (Å²) in [5.74, 6) is 0.478. The monoisotopic (exact) mass is 349 g/mol. The molecule has 24 heavy (non-hydrogen) atoms. The Bertz CT molecular complexity index is 839. The van der Waals surface area contributed by atoms with Crippen molar-refractivity contribution in [3.05, 3.63) is 41.7 Å². The topological polar surface area (TPSA) is 92.5 Å². The second-order valence-electron chi connectivity index (χ2n) is 5.81. The molecule has 0 radical (unpaired) electrons. The van der Waals surface area contributed by atoms with Gasteiger partial charge < -0.3 is 9.42 Å². The zero-order chi connectivity index (χ0) is 17.2. The van der Waals surface area contributed by atoms with Crippen LogP contribution in [0.2, 0.25) is 0 Å². The van der Waals surface area contributed by atoms with Crippen LogP contribution in [0.25, 0.3) is 0 Å². The second-order valence-corrected chi connectivity index (χ2v) is 7.49. The van der Waals surface area contributed by atoms with Crippen molar-refractivity contribution in [2.75, 3.05) is 17.8 Å². The molecule has 2 heterocycles. The molecule has 1 aromatic carbocycles. The van der Waals surface area contributed by atoms with Gasteiger partial charge in [0.2, 0.25) is 0 Å². The standard InChI is InChI=1S/C16H19N3O4S/c1-12-10-15(17-23-12)18-24(21,22)14-7-5-6-13(11-14)16(20)19-8-3-2-4-9-19/h5-7,10-11H,2-4,8-9H2,1H3,(H,17,18). The van der Waals surface area contributed by atoms with Gasteiger partial charge >= 0.3 is 0 Å². The molecular formula is C16H19N3O4S. The highest BCUT2D eigenvalue weighted by Crippen LogP contribution is 2.19. The van der Waals surface area contributed by atoms with E-state index in [1.165, 1.54) is 18.2 Å². The molecule has 8 heteroatoms. The van der Waals surface area contributed by atoms with E-state index in [4.69, 9.17) is 4.52 Å². The maximum atomic E-state index is 12.5. The molecule has 1 aromatic heterocycles. The number of likely N-dealkylation sites (tertiary alicyclic amines) is 1. The van der Waals surface area contributed by atoms with E-state index in [1.807, 2.05) is 0 Å². The summed E-state index contributed by atoms with van der Waals surface area (Å²) in [5, 5.41) is 3.62. The minimum atomic E-state index is -3.83. The van der Waals surface area contributed by atoms with Gasteiger partial charge in [-0.25, -0.2) is 8.42 Å². The molecule has 0 saturated carbocycles. The van der Waals surface area contributed by atoms with Gasteiger partial charge in [-0.15, -0.1) is 0 Å². The van der Waals surface area contributed by atoms with Crippen molar-refractivity contribution >= 4 is 21.7 Å². The zero-order valence-electron chi connectivity index (χ0n) is 13.4. The third-order valence-electron chi connectivity index (χ3n) is 3.90. The Hall–Kier alpha value is -2.35. The molecule has 2 aromatic rings. The number of aromatic nitrogens is 1. The first-order valence-corrected chi connectivity index (χ1v) is 9.29. The average molecular weight is 349 g/mol. The number of rotatable bonds is 4. The third-order valence-corrected chi connectivity index (χ3v) is 5.25. The highest BCUT2D eigenvalue weighted by Gasteiger charge is 2.21. The SMILES string of the molecule is Cc1cc(NS(=O)(=O)c2cccc(C(=O)N3CCCCC3)c2)no1. The second kappa shape index (κ2) is 6.64. The Kier molecular flexibility index (Phi) is 4.57. The predicted molar refractivity (Wildman–Crippen MR) is 88.2 cm³/mol. The van der Waals surface area contributed by atoms with Crippen LogP contribution in [0, 0.1) is 6.92 Å². The molecule has 0 bridgehead atoms. The number of carbonyl (C=O) groups excluding carboxylic acids is 1. The van der Waals surface area contributed by atoms with E-state index in [9.17, 15) is 13.2 Å². The molecule has 1 aliphatic heterocycles. The van der Waals surface area contributed by atoms with Crippen LogP contribution >= 0.6 is 0 Å². The average Bonchev–Trinajstić information content (AvgIpc) is 2.99. The van der Waals surface area contributed by atoms with Crippen LogP contribution in [-0.2, 0) is 10.0 Å². The minimum Gasteiger partial charge on any atom is -0.360 e. The maximum Gasteiger partial charge on any atom is 0.263 e. The number of amides is 1. The highest BCUT2D eigenvalue weighted by molar-refractivity contribution is 7.92. The van der Waals surface area contributed by atoms with Gasteiger partial charge in [-0.2, -0.15) is 0 Å². The van der Waals surface area contributed by atoms with Crippen LogP contribution in [0.4, 0.5) is 5.82 Å². The zero-order valence-corrected chi connectivity index (χ0v) is 14.2. The normalized spacial score (nSPS) is 15.3. The summed E-state index contributed by atoms with van der Waals surface area (Å²) in [5.41, 5.74) is 0.371. The first-order chi connectivity index (χ1) is 11.5. The van der Waals surface area contributed by atoms with Gasteiger partial charge in [-0.05, 0) is 44.4 Å². The summed E-state index contributed by atoms with van der Waals surface area (Å²) in [6.07, 6.45) is 3.09. The van der Waals surface area contributed by atoms with Crippen LogP contribution in [0.5, 0.6) is 0 Å². The molecule has 0 spiro atoms. The van der Waals surface area contributed by atoms with Crippen molar-refractivity contribution in [1.29, 1.82) is 0 Å². The van der Waals surface area contributed by atoms with Crippen LogP contribution in [0.3, 0.4) is 0 Å². The molecule has 0 aliphatic carbocycles. The molecule has 0 atom stereocenters. The smallest absolute Gasteiger partial charge is 0.263 e. The number of hydrogen-bond acceptors (Lipinski definition) is 5. The molecule has 3 rings (SSSR count). The minimum absolute atomic E-state index is 0.0195. The number of benzene rings is 1. The van der Waals surface area contributed by atoms with E-state index in [1.54, 1.807) is 24.0 Å². The fraction of sp³-hybridized carbons (Fsp3) is 0.375. The fourth-order valence-corrected chi connectivity index (χ4v) is 3.72. The van der Waals surface area contributed by atoms with Crippen molar-refractivity contribution in [1.82, 2.24) is 10.1 Å². The third kappa shape index (κ3) is 3.59. The quantitative estimate of drug-likeness (QED) is 0.915. The van der Waals surface area contributed by atoms with Crippen LogP contribution in [-0.4, -0.2) is 37.5 Å². The van der Waals surface area contributed by atoms with Crippen molar-refractivity contribution in [3.8, 4) is 0 Å². The van der Waals surface area contributed by atoms with Crippen LogP contribution in [0.15, 0.2) is 39.8 Å². The summed E-state index contributed by atoms with van der Waals surface area (Å²) in [6.45, 7) is 3.10. The fourth-order valence-electron chi connectivity index (χ4n) is 2.69. The van der Waals surface area contributed by atoms with E-state index in [0.29, 0.717) is 24.4 Å². The molecule has 1 saturated heterocycles. The van der Waals surface area contributed by atoms with Gasteiger partial charge in [-0.1, -0.05) is 11.2 Å². The molecule has 1 aliphatic rings. The van der Waals surface area contributed by atoms with Gasteiger partial charge in [-0.3, -0.25) is 9.52 Å². The largest absolute Gasteiger partial charge is 0.360 e. The Morgan fingerprint density at radius 1 is 1.21 bits per heavy atom. The van der Waals surface area contributed by atoms with Crippen molar-refractivity contribution in [2.45, 2.75) is 31.1 Å². The highest BCUT2D eigenvalue weighted by atomic mass is 32.2. The number of piperidine rings is 1. The maximum absolute atomic E-state index is 12.5. The molecular weight excluding hydrogens is 330 g/mol. The number of hydrogen-bond donors (Lipinski definition) is 1. The summed E-state index contributed by atoms with van der Waals surface area (Å²) in [7, 11) is -3.83. The number of nitrogens with one attached hydrogen (secondary N) is 1. The number of anilines is 1. The van der Waals surface area contributed by atoms with Crippen molar-refractivity contribution in [2.24, 2.45) is 0 Å². The van der Waals surface area contributed by atoms with E-state index < -0.39 is 10.0 Å². The van der Waals surface area contributed by atoms with Gasteiger partial charge in [0, 0.05) is 24.7 Å². The lowest BCUT2D eigenvalue weighted by Gasteiger charge is -2.26. The molecule has 1 amide bonds. The number of aryl methyl sites for hydroxylation is 1. The van der Waals surface area contributed by atoms with Crippen molar-refractivity contribution in [3.63, 3.8) is 0 Å². The number of carbonyl (C=O) groups is 1. The Morgan fingerprint density at radius 3 is 2.62 bits per heavy atom. The van der Waals surface area contributed by atoms with Gasteiger partial charge in [0.05, 0.1) is 4.90 Å². The molecule has 1 fully saturated rings. The van der Waals surface area contributed by atoms with Crippen molar-refractivity contribution < 1.29 is 17.7 Å². The Morgan fingerprint density at radius 2 is 1.96 bits per heavy atom. The van der Waals surface area contributed by atoms with Gasteiger partial charge in [0.15, 0.2) is 5.82 Å². The summed E-state index contributed by atoms with van der Waals surface area (Å²) >= 11 is 0. The predicted octanol–water partition coefficient (Wildman–Crippen LogP) is 2.41. The lowest BCUT2D eigenvalue weighted by molar-refractivity contribution is 0.0724.